The summed E-state index contributed by atoms with van der Waals surface area (Å²) < 4.78 is 16.6. The summed E-state index contributed by atoms with van der Waals surface area (Å²) in [6.07, 6.45) is 3.57. The molecule has 0 saturated heterocycles. The predicted octanol–water partition coefficient (Wildman–Crippen LogP) is 2.31. The lowest BCUT2D eigenvalue weighted by Gasteiger charge is -2.18. The van der Waals surface area contributed by atoms with Gasteiger partial charge in [-0.25, -0.2) is 0 Å². The minimum atomic E-state index is -0.669. The highest BCUT2D eigenvalue weighted by Crippen LogP contribution is 2.41. The molecule has 2 heterocycles. The summed E-state index contributed by atoms with van der Waals surface area (Å²) in [6, 6.07) is 6.69. The largest absolute Gasteiger partial charge is 0.488 e. The SMILES string of the molecule is C[C@H](NC(=O)c1ccoc1)C(=O)NCCOc1cccc2c1OC(C)(C)C2. The molecule has 0 bridgehead atoms. The van der Waals surface area contributed by atoms with Crippen LogP contribution in [0.25, 0.3) is 0 Å². The fraction of sp³-hybridized carbons (Fsp3) is 0.400. The van der Waals surface area contributed by atoms with E-state index < -0.39 is 6.04 Å². The molecule has 0 fully saturated rings. The molecule has 0 aliphatic carbocycles. The van der Waals surface area contributed by atoms with Gasteiger partial charge in [0.25, 0.3) is 5.91 Å². The highest BCUT2D eigenvalue weighted by Gasteiger charge is 2.32. The Bertz CT molecular complexity index is 814. The van der Waals surface area contributed by atoms with Crippen LogP contribution in [0.15, 0.2) is 41.2 Å². The van der Waals surface area contributed by atoms with Crippen LogP contribution in [0, 0.1) is 0 Å². The molecule has 27 heavy (non-hydrogen) atoms. The van der Waals surface area contributed by atoms with E-state index in [4.69, 9.17) is 13.9 Å². The van der Waals surface area contributed by atoms with Crippen molar-refractivity contribution in [1.29, 1.82) is 0 Å². The Balaban J connectivity index is 1.44. The normalized spacial score (nSPS) is 15.4. The molecule has 0 unspecified atom stereocenters. The summed E-state index contributed by atoms with van der Waals surface area (Å²) >= 11 is 0. The van der Waals surface area contributed by atoms with E-state index in [0.717, 1.165) is 17.7 Å². The Labute approximate surface area is 158 Å². The Morgan fingerprint density at radius 1 is 1.30 bits per heavy atom. The molecular weight excluding hydrogens is 348 g/mol. The van der Waals surface area contributed by atoms with E-state index in [0.29, 0.717) is 24.5 Å². The van der Waals surface area contributed by atoms with E-state index in [2.05, 4.69) is 10.6 Å². The van der Waals surface area contributed by atoms with Crippen LogP contribution < -0.4 is 20.1 Å². The third-order valence-electron chi connectivity index (χ3n) is 4.24. The number of furan rings is 1. The summed E-state index contributed by atoms with van der Waals surface area (Å²) in [5, 5.41) is 5.36. The maximum Gasteiger partial charge on any atom is 0.255 e. The quantitative estimate of drug-likeness (QED) is 0.728. The van der Waals surface area contributed by atoms with Crippen LogP contribution in [0.4, 0.5) is 0 Å². The third kappa shape index (κ3) is 4.61. The number of hydrogen-bond donors (Lipinski definition) is 2. The van der Waals surface area contributed by atoms with Crippen molar-refractivity contribution in [2.24, 2.45) is 0 Å². The molecule has 1 atom stereocenters. The fourth-order valence-corrected chi connectivity index (χ4v) is 2.93. The van der Waals surface area contributed by atoms with E-state index in [1.54, 1.807) is 6.92 Å². The Morgan fingerprint density at radius 3 is 2.85 bits per heavy atom. The van der Waals surface area contributed by atoms with Crippen LogP contribution in [0.3, 0.4) is 0 Å². The van der Waals surface area contributed by atoms with Crippen molar-refractivity contribution in [2.45, 2.75) is 38.8 Å². The summed E-state index contributed by atoms with van der Waals surface area (Å²) in [5.41, 5.74) is 1.26. The van der Waals surface area contributed by atoms with Crippen molar-refractivity contribution in [2.75, 3.05) is 13.2 Å². The smallest absolute Gasteiger partial charge is 0.255 e. The topological polar surface area (TPSA) is 89.8 Å². The van der Waals surface area contributed by atoms with Gasteiger partial charge >= 0.3 is 0 Å². The maximum absolute atomic E-state index is 12.1. The van der Waals surface area contributed by atoms with Gasteiger partial charge in [0.05, 0.1) is 18.4 Å². The van der Waals surface area contributed by atoms with Gasteiger partial charge in [0, 0.05) is 12.0 Å². The zero-order chi connectivity index (χ0) is 19.4. The number of ether oxygens (including phenoxy) is 2. The molecule has 1 aromatic heterocycles. The molecule has 144 valence electrons. The van der Waals surface area contributed by atoms with Gasteiger partial charge in [0.1, 0.15) is 24.5 Å². The van der Waals surface area contributed by atoms with E-state index in [1.165, 1.54) is 18.6 Å². The number of fused-ring (bicyclic) bond motifs is 1. The number of hydrogen-bond acceptors (Lipinski definition) is 5. The average molecular weight is 372 g/mol. The molecule has 1 aliphatic rings. The highest BCUT2D eigenvalue weighted by atomic mass is 16.5. The molecule has 3 rings (SSSR count). The van der Waals surface area contributed by atoms with Crippen molar-refractivity contribution in [1.82, 2.24) is 10.6 Å². The van der Waals surface area contributed by atoms with Gasteiger partial charge in [-0.15, -0.1) is 0 Å². The Morgan fingerprint density at radius 2 is 2.11 bits per heavy atom. The van der Waals surface area contributed by atoms with E-state index in [1.807, 2.05) is 32.0 Å². The Hall–Kier alpha value is -2.96. The first-order chi connectivity index (χ1) is 12.9. The second kappa shape index (κ2) is 7.73. The van der Waals surface area contributed by atoms with Crippen molar-refractivity contribution in [3.05, 3.63) is 47.9 Å². The van der Waals surface area contributed by atoms with Crippen LogP contribution in [0.1, 0.15) is 36.7 Å². The molecule has 7 nitrogen and oxygen atoms in total. The van der Waals surface area contributed by atoms with Crippen LogP contribution in [0.2, 0.25) is 0 Å². The van der Waals surface area contributed by atoms with Gasteiger partial charge in [0.2, 0.25) is 5.91 Å². The molecule has 0 saturated carbocycles. The monoisotopic (exact) mass is 372 g/mol. The number of rotatable bonds is 7. The molecule has 2 amide bonds. The number of benzene rings is 1. The predicted molar refractivity (Wildman–Crippen MR) is 99.0 cm³/mol. The van der Waals surface area contributed by atoms with Gasteiger partial charge in [-0.1, -0.05) is 12.1 Å². The number of para-hydroxylation sites is 1. The maximum atomic E-state index is 12.1. The molecular formula is C20H24N2O5. The van der Waals surface area contributed by atoms with Crippen LogP contribution >= 0.6 is 0 Å². The number of carbonyl (C=O) groups excluding carboxylic acids is 2. The van der Waals surface area contributed by atoms with Crippen molar-refractivity contribution in [3.63, 3.8) is 0 Å². The lowest BCUT2D eigenvalue weighted by molar-refractivity contribution is -0.122. The minimum absolute atomic E-state index is 0.237. The molecule has 0 spiro atoms. The first kappa shape index (κ1) is 18.8. The highest BCUT2D eigenvalue weighted by molar-refractivity contribution is 5.97. The first-order valence-corrected chi connectivity index (χ1v) is 8.90. The molecule has 0 radical (unpaired) electrons. The van der Waals surface area contributed by atoms with E-state index >= 15 is 0 Å². The zero-order valence-corrected chi connectivity index (χ0v) is 15.7. The van der Waals surface area contributed by atoms with Crippen LogP contribution in [-0.4, -0.2) is 36.6 Å². The Kier molecular flexibility index (Phi) is 5.39. The molecule has 1 aromatic carbocycles. The second-order valence-electron chi connectivity index (χ2n) is 7.13. The van der Waals surface area contributed by atoms with Crippen molar-refractivity contribution in [3.8, 4) is 11.5 Å². The van der Waals surface area contributed by atoms with E-state index in [9.17, 15) is 9.59 Å². The van der Waals surface area contributed by atoms with Crippen LogP contribution in [-0.2, 0) is 11.2 Å². The first-order valence-electron chi connectivity index (χ1n) is 8.90. The number of carbonyl (C=O) groups is 2. The van der Waals surface area contributed by atoms with E-state index in [-0.39, 0.29) is 17.4 Å². The average Bonchev–Trinajstić information content (AvgIpc) is 3.24. The molecule has 1 aliphatic heterocycles. The lowest BCUT2D eigenvalue weighted by atomic mass is 10.0. The molecule has 7 heteroatoms. The summed E-state index contributed by atoms with van der Waals surface area (Å²) in [4.78, 5) is 24.0. The molecule has 2 aromatic rings. The number of amides is 2. The second-order valence-corrected chi connectivity index (χ2v) is 7.13. The summed E-state index contributed by atoms with van der Waals surface area (Å²) in [7, 11) is 0. The van der Waals surface area contributed by atoms with Gasteiger partial charge < -0.3 is 24.5 Å². The van der Waals surface area contributed by atoms with Gasteiger partial charge in [-0.3, -0.25) is 9.59 Å². The van der Waals surface area contributed by atoms with Gasteiger partial charge in [0.15, 0.2) is 11.5 Å². The van der Waals surface area contributed by atoms with Gasteiger partial charge in [-0.2, -0.15) is 0 Å². The fourth-order valence-electron chi connectivity index (χ4n) is 2.93. The number of nitrogens with one attached hydrogen (secondary N) is 2. The summed E-state index contributed by atoms with van der Waals surface area (Å²) in [5.74, 6) is 0.802. The summed E-state index contributed by atoms with van der Waals surface area (Å²) in [6.45, 7) is 6.31. The minimum Gasteiger partial charge on any atom is -0.488 e. The van der Waals surface area contributed by atoms with Crippen LogP contribution in [0.5, 0.6) is 11.5 Å². The standard InChI is InChI=1S/C20H24N2O5/c1-13(22-19(24)15-7-9-25-12-15)18(23)21-8-10-26-16-6-4-5-14-11-20(2,3)27-17(14)16/h4-7,9,12-13H,8,10-11H2,1-3H3,(H,21,23)(H,22,24)/t13-/m0/s1. The van der Waals surface area contributed by atoms with Gasteiger partial charge in [-0.05, 0) is 32.9 Å². The third-order valence-corrected chi connectivity index (χ3v) is 4.24. The van der Waals surface area contributed by atoms with Crippen molar-refractivity contribution < 1.29 is 23.5 Å². The van der Waals surface area contributed by atoms with Crippen molar-refractivity contribution >= 4 is 11.8 Å². The molecule has 2 N–H and O–H groups in total. The lowest BCUT2D eigenvalue weighted by Crippen LogP contribution is -2.45. The zero-order valence-electron chi connectivity index (χ0n) is 15.7.